The molecule has 2 aliphatic rings. The van der Waals surface area contributed by atoms with Crippen LogP contribution in [0.5, 0.6) is 0 Å². The van der Waals surface area contributed by atoms with Crippen LogP contribution in [0.1, 0.15) is 58.1 Å². The monoisotopic (exact) mass is 502 g/mol. The summed E-state index contributed by atoms with van der Waals surface area (Å²) in [5.41, 5.74) is 23.4. The lowest BCUT2D eigenvalue weighted by atomic mass is 9.54. The van der Waals surface area contributed by atoms with Crippen LogP contribution in [0.3, 0.4) is 0 Å². The molecule has 2 nitrogen and oxygen atoms in total. The van der Waals surface area contributed by atoms with Crippen LogP contribution in [0.4, 0.5) is 11.4 Å². The lowest BCUT2D eigenvalue weighted by molar-refractivity contribution is 0.387. The van der Waals surface area contributed by atoms with E-state index in [4.69, 9.17) is 11.5 Å². The van der Waals surface area contributed by atoms with Gasteiger partial charge in [0.1, 0.15) is 0 Å². The molecule has 4 N–H and O–H groups in total. The molecule has 0 fully saturated rings. The van der Waals surface area contributed by atoms with Crippen molar-refractivity contribution in [1.82, 2.24) is 0 Å². The topological polar surface area (TPSA) is 52.0 Å². The summed E-state index contributed by atoms with van der Waals surface area (Å²) in [6, 6.07) is 44.1. The zero-order chi connectivity index (χ0) is 26.1. The Hall–Kier alpha value is -4.56. The van der Waals surface area contributed by atoms with Gasteiger partial charge in [-0.05, 0) is 79.9 Å². The van der Waals surface area contributed by atoms with E-state index in [0.29, 0.717) is 0 Å². The van der Waals surface area contributed by atoms with Gasteiger partial charge >= 0.3 is 0 Å². The first-order chi connectivity index (χ1) is 19.2. The average Bonchev–Trinajstić information content (AvgIpc) is 2.99. The summed E-state index contributed by atoms with van der Waals surface area (Å²) < 4.78 is 0. The second-order valence-electron chi connectivity index (χ2n) is 11.4. The zero-order valence-electron chi connectivity index (χ0n) is 21.8. The van der Waals surface area contributed by atoms with Crippen LogP contribution in [0.15, 0.2) is 121 Å². The molecule has 0 saturated carbocycles. The Morgan fingerprint density at radius 2 is 0.897 bits per heavy atom. The third-order valence-electron chi connectivity index (χ3n) is 9.44. The molecular formula is C37H30N2. The normalized spacial score (nSPS) is 21.4. The summed E-state index contributed by atoms with van der Waals surface area (Å²) in [4.78, 5) is 0. The smallest absolute Gasteiger partial charge is 0.0362 e. The van der Waals surface area contributed by atoms with Crippen molar-refractivity contribution in [2.45, 2.75) is 30.1 Å². The molecule has 2 aliphatic carbocycles. The maximum Gasteiger partial charge on any atom is 0.0362 e. The second-order valence-corrected chi connectivity index (χ2v) is 11.4. The SMILES string of the molecule is Nc1ccc2cccc3c2c1C1(CC3c2ccccc2)C[C@@H](c2ccccc2)c2cccc3ccc(N)c1c23. The number of hydrogen-bond acceptors (Lipinski definition) is 2. The first-order valence-corrected chi connectivity index (χ1v) is 13.9. The quantitative estimate of drug-likeness (QED) is 0.233. The second kappa shape index (κ2) is 8.22. The molecule has 0 heterocycles. The third-order valence-corrected chi connectivity index (χ3v) is 9.44. The van der Waals surface area contributed by atoms with Gasteiger partial charge in [-0.3, -0.25) is 0 Å². The Morgan fingerprint density at radius 1 is 0.462 bits per heavy atom. The van der Waals surface area contributed by atoms with E-state index in [1.165, 1.54) is 54.9 Å². The average molecular weight is 503 g/mol. The summed E-state index contributed by atoms with van der Waals surface area (Å²) in [6.07, 6.45) is 1.86. The van der Waals surface area contributed by atoms with Gasteiger partial charge in [0, 0.05) is 28.6 Å². The van der Waals surface area contributed by atoms with E-state index in [2.05, 4.69) is 121 Å². The molecule has 0 amide bonds. The molecule has 188 valence electrons. The lowest BCUT2D eigenvalue weighted by Crippen LogP contribution is -2.39. The van der Waals surface area contributed by atoms with Gasteiger partial charge < -0.3 is 11.5 Å². The van der Waals surface area contributed by atoms with E-state index in [9.17, 15) is 0 Å². The molecule has 2 unspecified atom stereocenters. The Kier molecular flexibility index (Phi) is 4.73. The Bertz CT molecular complexity index is 1750. The minimum atomic E-state index is -0.336. The van der Waals surface area contributed by atoms with Crippen LogP contribution in [0.25, 0.3) is 21.5 Å². The van der Waals surface area contributed by atoms with Crippen molar-refractivity contribution in [3.05, 3.63) is 155 Å². The van der Waals surface area contributed by atoms with Gasteiger partial charge in [-0.1, -0.05) is 109 Å². The Balaban J connectivity index is 1.55. The van der Waals surface area contributed by atoms with Crippen molar-refractivity contribution in [3.63, 3.8) is 0 Å². The first-order valence-electron chi connectivity index (χ1n) is 13.9. The number of benzene rings is 6. The van der Waals surface area contributed by atoms with Crippen LogP contribution in [0.2, 0.25) is 0 Å². The third kappa shape index (κ3) is 3.09. The molecule has 8 rings (SSSR count). The number of anilines is 2. The predicted octanol–water partition coefficient (Wildman–Crippen LogP) is 8.51. The van der Waals surface area contributed by atoms with E-state index in [1.54, 1.807) is 0 Å². The molecule has 1 spiro atoms. The van der Waals surface area contributed by atoms with Gasteiger partial charge in [-0.2, -0.15) is 0 Å². The summed E-state index contributed by atoms with van der Waals surface area (Å²) in [5.74, 6) is 0.473. The minimum absolute atomic E-state index is 0.237. The summed E-state index contributed by atoms with van der Waals surface area (Å²) in [5, 5.41) is 5.11. The molecule has 0 bridgehead atoms. The van der Waals surface area contributed by atoms with Gasteiger partial charge in [0.15, 0.2) is 0 Å². The largest absolute Gasteiger partial charge is 0.398 e. The van der Waals surface area contributed by atoms with Crippen molar-refractivity contribution < 1.29 is 0 Å². The fourth-order valence-electron chi connectivity index (χ4n) is 7.96. The highest BCUT2D eigenvalue weighted by Crippen LogP contribution is 2.62. The minimum Gasteiger partial charge on any atom is -0.398 e. The van der Waals surface area contributed by atoms with Gasteiger partial charge in [0.25, 0.3) is 0 Å². The molecule has 2 heteroatoms. The predicted molar refractivity (Wildman–Crippen MR) is 163 cm³/mol. The van der Waals surface area contributed by atoms with Crippen LogP contribution < -0.4 is 11.5 Å². The number of nitrogen functional groups attached to an aromatic ring is 2. The van der Waals surface area contributed by atoms with E-state index in [1.807, 2.05) is 0 Å². The Morgan fingerprint density at radius 3 is 1.33 bits per heavy atom. The molecule has 0 aromatic heterocycles. The van der Waals surface area contributed by atoms with Crippen molar-refractivity contribution in [1.29, 1.82) is 0 Å². The highest BCUT2D eigenvalue weighted by atomic mass is 14.6. The summed E-state index contributed by atoms with van der Waals surface area (Å²) in [7, 11) is 0. The van der Waals surface area contributed by atoms with Gasteiger partial charge in [-0.15, -0.1) is 0 Å². The maximum absolute atomic E-state index is 7.03. The number of fused-ring (bicyclic) bond motifs is 2. The highest BCUT2D eigenvalue weighted by molar-refractivity contribution is 6.01. The highest BCUT2D eigenvalue weighted by Gasteiger charge is 2.50. The number of nitrogens with two attached hydrogens (primary N) is 2. The molecule has 6 aromatic carbocycles. The number of hydrogen-bond donors (Lipinski definition) is 2. The van der Waals surface area contributed by atoms with Crippen molar-refractivity contribution >= 4 is 32.9 Å². The van der Waals surface area contributed by atoms with Gasteiger partial charge in [0.05, 0.1) is 0 Å². The van der Waals surface area contributed by atoms with Crippen molar-refractivity contribution in [3.8, 4) is 0 Å². The molecule has 6 aromatic rings. The van der Waals surface area contributed by atoms with Crippen molar-refractivity contribution in [2.24, 2.45) is 0 Å². The molecule has 0 saturated heterocycles. The van der Waals surface area contributed by atoms with Crippen LogP contribution in [-0.4, -0.2) is 0 Å². The van der Waals surface area contributed by atoms with Gasteiger partial charge in [-0.25, -0.2) is 0 Å². The van der Waals surface area contributed by atoms with Crippen LogP contribution in [-0.2, 0) is 5.41 Å². The van der Waals surface area contributed by atoms with E-state index < -0.39 is 0 Å². The van der Waals surface area contributed by atoms with E-state index in [-0.39, 0.29) is 17.3 Å². The first kappa shape index (κ1) is 22.4. The van der Waals surface area contributed by atoms with Crippen LogP contribution >= 0.6 is 0 Å². The van der Waals surface area contributed by atoms with Crippen molar-refractivity contribution in [2.75, 3.05) is 11.5 Å². The lowest BCUT2D eigenvalue weighted by Gasteiger charge is -2.49. The standard InChI is InChI=1S/C37H30N2/c38-31-19-17-25-13-7-15-27-29(23-9-3-1-4-10-23)21-37(35(31)33(25)27)22-30(24-11-5-2-6-12-24)28-16-8-14-26-18-20-32(39)36(37)34(26)28/h1-20,29-30H,21-22,38-39H2/t29-,30?,37?/m0/s1. The molecule has 0 radical (unpaired) electrons. The summed E-state index contributed by atoms with van der Waals surface area (Å²) in [6.45, 7) is 0. The molecule has 3 atom stereocenters. The molecule has 39 heavy (non-hydrogen) atoms. The van der Waals surface area contributed by atoms with Crippen LogP contribution in [0, 0.1) is 0 Å². The maximum atomic E-state index is 7.03. The molecule has 0 aliphatic heterocycles. The molecular weight excluding hydrogens is 472 g/mol. The fourth-order valence-corrected chi connectivity index (χ4v) is 7.96. The number of rotatable bonds is 2. The zero-order valence-corrected chi connectivity index (χ0v) is 21.8. The van der Waals surface area contributed by atoms with E-state index in [0.717, 1.165) is 24.2 Å². The van der Waals surface area contributed by atoms with Gasteiger partial charge in [0.2, 0.25) is 0 Å². The van der Waals surface area contributed by atoms with E-state index >= 15 is 0 Å². The fraction of sp³-hybridized carbons (Fsp3) is 0.135. The summed E-state index contributed by atoms with van der Waals surface area (Å²) >= 11 is 0. The Labute approximate surface area is 228 Å².